The molecule has 0 atom stereocenters. The molecule has 2 aromatic rings. The number of hydrogen-bond donors (Lipinski definition) is 1. The Morgan fingerprint density at radius 2 is 2.10 bits per heavy atom. The predicted octanol–water partition coefficient (Wildman–Crippen LogP) is 3.75. The Morgan fingerprint density at radius 3 is 2.76 bits per heavy atom. The van der Waals surface area contributed by atoms with E-state index < -0.39 is 11.6 Å². The van der Waals surface area contributed by atoms with Gasteiger partial charge in [-0.3, -0.25) is 0 Å². The fraction of sp³-hybridized carbons (Fsp3) is 0.0714. The van der Waals surface area contributed by atoms with Crippen LogP contribution < -0.4 is 5.32 Å². The molecular weight excluding hydrogens is 298 g/mol. The number of hydrogen-bond acceptors (Lipinski definition) is 4. The van der Waals surface area contributed by atoms with E-state index in [-0.39, 0.29) is 22.2 Å². The largest absolute Gasteiger partial charge is 0.337 e. The second kappa shape index (κ2) is 6.29. The Kier molecular flexibility index (Phi) is 4.45. The molecule has 0 amide bonds. The molecule has 0 aliphatic carbocycles. The van der Waals surface area contributed by atoms with E-state index in [0.717, 1.165) is 12.1 Å². The monoisotopic (exact) mass is 306 g/mol. The minimum absolute atomic E-state index is 0.147. The molecule has 0 spiro atoms. The van der Waals surface area contributed by atoms with Crippen molar-refractivity contribution in [2.75, 3.05) is 5.32 Å². The molecule has 1 heterocycles. The van der Waals surface area contributed by atoms with Gasteiger partial charge in [0.05, 0.1) is 11.3 Å². The molecule has 106 valence electrons. The maximum Gasteiger partial charge on any atom is 0.148 e. The highest BCUT2D eigenvalue weighted by molar-refractivity contribution is 6.30. The number of benzene rings is 1. The number of nitriles is 1. The van der Waals surface area contributed by atoms with Crippen LogP contribution >= 0.6 is 11.6 Å². The van der Waals surface area contributed by atoms with Crippen LogP contribution in [-0.2, 0) is 6.42 Å². The van der Waals surface area contributed by atoms with E-state index in [4.69, 9.17) is 16.9 Å². The van der Waals surface area contributed by atoms with E-state index in [1.54, 1.807) is 12.1 Å². The summed E-state index contributed by atoms with van der Waals surface area (Å²) in [5.41, 5.74) is -0.00463. The standard InChI is InChI=1S/C14H9ClF2N4/c1-2-3-9-13(15)19-7-20-14(9)21-12-5-10(16)8(6-18)4-11(12)17/h2,4-5,7H,1,3H2,(H,19,20,21). The first-order valence-electron chi connectivity index (χ1n) is 5.83. The molecule has 1 aromatic heterocycles. The van der Waals surface area contributed by atoms with Gasteiger partial charge in [0, 0.05) is 11.6 Å². The first-order valence-corrected chi connectivity index (χ1v) is 6.21. The maximum absolute atomic E-state index is 13.8. The van der Waals surface area contributed by atoms with Gasteiger partial charge in [0.15, 0.2) is 0 Å². The molecule has 0 aliphatic heterocycles. The van der Waals surface area contributed by atoms with Gasteiger partial charge >= 0.3 is 0 Å². The third-order valence-electron chi connectivity index (χ3n) is 2.67. The minimum Gasteiger partial charge on any atom is -0.337 e. The van der Waals surface area contributed by atoms with Crippen LogP contribution in [0.4, 0.5) is 20.3 Å². The third kappa shape index (κ3) is 3.15. The number of halogens is 3. The molecule has 0 unspecified atom stereocenters. The van der Waals surface area contributed by atoms with Crippen molar-refractivity contribution in [3.63, 3.8) is 0 Å². The van der Waals surface area contributed by atoms with Crippen LogP contribution in [0.1, 0.15) is 11.1 Å². The Hall–Kier alpha value is -2.52. The zero-order chi connectivity index (χ0) is 15.4. The smallest absolute Gasteiger partial charge is 0.148 e. The van der Waals surface area contributed by atoms with Gasteiger partial charge in [-0.15, -0.1) is 6.58 Å². The van der Waals surface area contributed by atoms with Crippen LogP contribution in [0.3, 0.4) is 0 Å². The van der Waals surface area contributed by atoms with E-state index in [1.807, 2.05) is 0 Å². The van der Waals surface area contributed by atoms with Crippen molar-refractivity contribution in [2.24, 2.45) is 0 Å². The minimum atomic E-state index is -0.827. The van der Waals surface area contributed by atoms with Gasteiger partial charge in [-0.25, -0.2) is 18.7 Å². The van der Waals surface area contributed by atoms with E-state index >= 15 is 0 Å². The number of nitrogens with one attached hydrogen (secondary N) is 1. The summed E-state index contributed by atoms with van der Waals surface area (Å²) in [6.45, 7) is 3.59. The number of anilines is 2. The van der Waals surface area contributed by atoms with Crippen LogP contribution in [0.15, 0.2) is 31.1 Å². The molecule has 0 saturated heterocycles. The number of nitrogens with zero attached hydrogens (tertiary/aromatic N) is 3. The second-order valence-corrected chi connectivity index (χ2v) is 4.39. The SMILES string of the molecule is C=CCc1c(Cl)ncnc1Nc1cc(F)c(C#N)cc1F. The molecule has 2 rings (SSSR count). The summed E-state index contributed by atoms with van der Waals surface area (Å²) in [4.78, 5) is 7.78. The third-order valence-corrected chi connectivity index (χ3v) is 3.00. The van der Waals surface area contributed by atoms with Crippen molar-refractivity contribution >= 4 is 23.1 Å². The molecule has 1 N–H and O–H groups in total. The van der Waals surface area contributed by atoms with E-state index in [2.05, 4.69) is 21.9 Å². The van der Waals surface area contributed by atoms with Crippen LogP contribution in [-0.4, -0.2) is 9.97 Å². The van der Waals surface area contributed by atoms with Gasteiger partial charge in [-0.1, -0.05) is 17.7 Å². The molecule has 21 heavy (non-hydrogen) atoms. The Labute approximate surface area is 124 Å². The lowest BCUT2D eigenvalue weighted by molar-refractivity contribution is 0.600. The van der Waals surface area contributed by atoms with E-state index in [1.165, 1.54) is 6.33 Å². The quantitative estimate of drug-likeness (QED) is 0.690. The number of rotatable bonds is 4. The lowest BCUT2D eigenvalue weighted by Gasteiger charge is -2.11. The lowest BCUT2D eigenvalue weighted by Crippen LogP contribution is -2.03. The Morgan fingerprint density at radius 1 is 1.33 bits per heavy atom. The summed E-state index contributed by atoms with van der Waals surface area (Å²) in [6, 6.07) is 3.27. The van der Waals surface area contributed by atoms with Crippen molar-refractivity contribution in [3.05, 3.63) is 59.0 Å². The van der Waals surface area contributed by atoms with Crippen molar-refractivity contribution < 1.29 is 8.78 Å². The average Bonchev–Trinajstić information content (AvgIpc) is 2.46. The molecule has 0 radical (unpaired) electrons. The van der Waals surface area contributed by atoms with Crippen molar-refractivity contribution in [1.29, 1.82) is 5.26 Å². The topological polar surface area (TPSA) is 61.6 Å². The van der Waals surface area contributed by atoms with Crippen LogP contribution in [0.25, 0.3) is 0 Å². The van der Waals surface area contributed by atoms with Gasteiger partial charge in [-0.05, 0) is 12.5 Å². The average molecular weight is 307 g/mol. The van der Waals surface area contributed by atoms with Crippen LogP contribution in [0, 0.1) is 23.0 Å². The summed E-state index contributed by atoms with van der Waals surface area (Å²) in [5.74, 6) is -1.35. The summed E-state index contributed by atoms with van der Waals surface area (Å²) in [5, 5.41) is 11.5. The Balaban J connectivity index is 2.44. The Bertz CT molecular complexity index is 740. The molecule has 0 bridgehead atoms. The summed E-state index contributed by atoms with van der Waals surface area (Å²) in [7, 11) is 0. The maximum atomic E-state index is 13.8. The first kappa shape index (κ1) is 14.9. The van der Waals surface area contributed by atoms with Crippen molar-refractivity contribution in [1.82, 2.24) is 9.97 Å². The summed E-state index contributed by atoms with van der Waals surface area (Å²) in [6.07, 6.45) is 3.16. The molecule has 4 nitrogen and oxygen atoms in total. The lowest BCUT2D eigenvalue weighted by atomic mass is 10.2. The highest BCUT2D eigenvalue weighted by Gasteiger charge is 2.13. The molecular formula is C14H9ClF2N4. The molecule has 0 aliphatic rings. The number of aromatic nitrogens is 2. The van der Waals surface area contributed by atoms with Crippen LogP contribution in [0.2, 0.25) is 5.15 Å². The van der Waals surface area contributed by atoms with Crippen LogP contribution in [0.5, 0.6) is 0 Å². The van der Waals surface area contributed by atoms with E-state index in [9.17, 15) is 8.78 Å². The van der Waals surface area contributed by atoms with Crippen molar-refractivity contribution in [2.45, 2.75) is 6.42 Å². The van der Waals surface area contributed by atoms with Gasteiger partial charge in [-0.2, -0.15) is 5.26 Å². The zero-order valence-corrected chi connectivity index (χ0v) is 11.5. The highest BCUT2D eigenvalue weighted by Crippen LogP contribution is 2.27. The second-order valence-electron chi connectivity index (χ2n) is 4.03. The molecule has 7 heteroatoms. The van der Waals surface area contributed by atoms with E-state index in [0.29, 0.717) is 12.0 Å². The summed E-state index contributed by atoms with van der Waals surface area (Å²) >= 11 is 5.94. The fourth-order valence-corrected chi connectivity index (χ4v) is 1.89. The first-order chi connectivity index (χ1) is 10.1. The van der Waals surface area contributed by atoms with Gasteiger partial charge in [0.1, 0.15) is 35.0 Å². The van der Waals surface area contributed by atoms with Gasteiger partial charge in [0.2, 0.25) is 0 Å². The molecule has 0 saturated carbocycles. The van der Waals surface area contributed by atoms with Gasteiger partial charge in [0.25, 0.3) is 0 Å². The zero-order valence-electron chi connectivity index (χ0n) is 10.7. The fourth-order valence-electron chi connectivity index (χ4n) is 1.68. The normalized spacial score (nSPS) is 10.0. The van der Waals surface area contributed by atoms with Crippen molar-refractivity contribution in [3.8, 4) is 6.07 Å². The highest BCUT2D eigenvalue weighted by atomic mass is 35.5. The predicted molar refractivity (Wildman–Crippen MR) is 75.3 cm³/mol. The molecule has 1 aromatic carbocycles. The molecule has 0 fully saturated rings. The number of allylic oxidation sites excluding steroid dienone is 1. The van der Waals surface area contributed by atoms with Gasteiger partial charge < -0.3 is 5.32 Å². The summed E-state index contributed by atoms with van der Waals surface area (Å²) < 4.78 is 27.4.